The van der Waals surface area contributed by atoms with E-state index < -0.39 is 0 Å². The molecule has 0 aliphatic rings. The average molecular weight is 442 g/mol. The highest BCUT2D eigenvalue weighted by Gasteiger charge is 2.10. The fourth-order valence-electron chi connectivity index (χ4n) is 1.97. The van der Waals surface area contributed by atoms with E-state index in [1.54, 1.807) is 13.3 Å². The molecule has 2 N–H and O–H groups in total. The van der Waals surface area contributed by atoms with Crippen molar-refractivity contribution in [2.45, 2.75) is 40.3 Å². The summed E-state index contributed by atoms with van der Waals surface area (Å²) in [6.07, 6.45) is 1.68. The van der Waals surface area contributed by atoms with E-state index in [-0.39, 0.29) is 24.0 Å². The molecule has 1 unspecified atom stereocenters. The topological polar surface area (TPSA) is 62.5 Å². The predicted octanol–water partition coefficient (Wildman–Crippen LogP) is 3.98. The van der Waals surface area contributed by atoms with Gasteiger partial charge in [-0.1, -0.05) is 31.5 Å². The zero-order valence-corrected chi connectivity index (χ0v) is 17.3. The van der Waals surface area contributed by atoms with Crippen LogP contribution in [-0.4, -0.2) is 24.0 Å². The molecule has 0 amide bonds. The van der Waals surface area contributed by atoms with Crippen LogP contribution in [-0.2, 0) is 6.54 Å². The van der Waals surface area contributed by atoms with Crippen LogP contribution in [0.4, 0.5) is 0 Å². The Hall–Kier alpha value is -1.57. The van der Waals surface area contributed by atoms with Crippen molar-refractivity contribution < 1.29 is 4.42 Å². The molecule has 1 aromatic carbocycles. The molecule has 2 rings (SSSR count). The summed E-state index contributed by atoms with van der Waals surface area (Å²) in [6.45, 7) is 9.13. The van der Waals surface area contributed by atoms with Crippen molar-refractivity contribution in [3.8, 4) is 11.5 Å². The van der Waals surface area contributed by atoms with Crippen LogP contribution in [0.2, 0.25) is 0 Å². The molecule has 6 heteroatoms. The number of rotatable bonds is 5. The fourth-order valence-corrected chi connectivity index (χ4v) is 1.97. The molecule has 1 aromatic heterocycles. The highest BCUT2D eigenvalue weighted by atomic mass is 127. The number of nitrogens with zero attached hydrogens (tertiary/aromatic N) is 2. The van der Waals surface area contributed by atoms with E-state index in [9.17, 15) is 0 Å². The predicted molar refractivity (Wildman–Crippen MR) is 110 cm³/mol. The van der Waals surface area contributed by atoms with Crippen molar-refractivity contribution in [2.24, 2.45) is 10.9 Å². The van der Waals surface area contributed by atoms with Crippen molar-refractivity contribution in [1.29, 1.82) is 0 Å². The first kappa shape index (κ1) is 20.5. The lowest BCUT2D eigenvalue weighted by molar-refractivity contribution is 0.480. The molecule has 0 bridgehead atoms. The van der Waals surface area contributed by atoms with Gasteiger partial charge in [0.05, 0.1) is 12.2 Å². The standard InChI is InChI=1S/C18H26N4O.HI/c1-12(2)14(4)21-18(19-5)20-10-16-11-23-17(22-16)15-8-6-13(3)7-9-15;/h6-9,11-12,14H,10H2,1-5H3,(H2,19,20,21);1H. The molecule has 0 saturated carbocycles. The number of guanidine groups is 1. The minimum Gasteiger partial charge on any atom is -0.444 e. The van der Waals surface area contributed by atoms with E-state index in [0.717, 1.165) is 17.2 Å². The Labute approximate surface area is 161 Å². The molecule has 2 aromatic rings. The van der Waals surface area contributed by atoms with Gasteiger partial charge >= 0.3 is 0 Å². The monoisotopic (exact) mass is 442 g/mol. The highest BCUT2D eigenvalue weighted by Crippen LogP contribution is 2.18. The number of benzene rings is 1. The molecule has 0 aliphatic heterocycles. The van der Waals surface area contributed by atoms with Crippen molar-refractivity contribution in [1.82, 2.24) is 15.6 Å². The second-order valence-electron chi connectivity index (χ2n) is 6.11. The molecule has 132 valence electrons. The maximum absolute atomic E-state index is 5.56. The zero-order chi connectivity index (χ0) is 16.8. The van der Waals surface area contributed by atoms with Crippen LogP contribution < -0.4 is 10.6 Å². The van der Waals surface area contributed by atoms with Crippen LogP contribution in [0.1, 0.15) is 32.0 Å². The van der Waals surface area contributed by atoms with E-state index >= 15 is 0 Å². The van der Waals surface area contributed by atoms with Crippen molar-refractivity contribution in [2.75, 3.05) is 7.05 Å². The number of hydrogen-bond acceptors (Lipinski definition) is 3. The number of hydrogen-bond donors (Lipinski definition) is 2. The van der Waals surface area contributed by atoms with E-state index in [0.29, 0.717) is 24.4 Å². The molecular formula is C18H27IN4O. The van der Waals surface area contributed by atoms with Gasteiger partial charge in [0.1, 0.15) is 6.26 Å². The molecule has 0 fully saturated rings. The zero-order valence-electron chi connectivity index (χ0n) is 15.0. The van der Waals surface area contributed by atoms with Crippen molar-refractivity contribution in [3.05, 3.63) is 41.8 Å². The Bertz CT molecular complexity index is 649. The third kappa shape index (κ3) is 5.81. The fraction of sp³-hybridized carbons (Fsp3) is 0.444. The molecule has 1 heterocycles. The second-order valence-corrected chi connectivity index (χ2v) is 6.11. The lowest BCUT2D eigenvalue weighted by atomic mass is 10.1. The van der Waals surface area contributed by atoms with Crippen LogP contribution in [0.3, 0.4) is 0 Å². The third-order valence-corrected chi connectivity index (χ3v) is 3.88. The third-order valence-electron chi connectivity index (χ3n) is 3.88. The average Bonchev–Trinajstić information content (AvgIpc) is 3.00. The molecule has 0 radical (unpaired) electrons. The van der Waals surface area contributed by atoms with Gasteiger partial charge in [0.15, 0.2) is 5.96 Å². The quantitative estimate of drug-likeness (QED) is 0.418. The van der Waals surface area contributed by atoms with Gasteiger partial charge in [-0.25, -0.2) is 4.98 Å². The highest BCUT2D eigenvalue weighted by molar-refractivity contribution is 14.0. The van der Waals surface area contributed by atoms with E-state index in [4.69, 9.17) is 4.42 Å². The molecule has 0 spiro atoms. The number of aromatic nitrogens is 1. The summed E-state index contributed by atoms with van der Waals surface area (Å²) in [6, 6.07) is 8.49. The Morgan fingerprint density at radius 2 is 1.88 bits per heavy atom. The van der Waals surface area contributed by atoms with Crippen molar-refractivity contribution in [3.63, 3.8) is 0 Å². The van der Waals surface area contributed by atoms with Crippen LogP contribution in [0.5, 0.6) is 0 Å². The van der Waals surface area contributed by atoms with Crippen LogP contribution in [0.25, 0.3) is 11.5 Å². The molecule has 0 saturated heterocycles. The number of halogens is 1. The van der Waals surface area contributed by atoms with Gasteiger partial charge in [0.25, 0.3) is 0 Å². The van der Waals surface area contributed by atoms with Crippen LogP contribution >= 0.6 is 24.0 Å². The van der Waals surface area contributed by atoms with Gasteiger partial charge in [-0.15, -0.1) is 24.0 Å². The first-order chi connectivity index (χ1) is 11.0. The Balaban J connectivity index is 0.00000288. The van der Waals surface area contributed by atoms with Gasteiger partial charge in [-0.2, -0.15) is 0 Å². The van der Waals surface area contributed by atoms with E-state index in [1.165, 1.54) is 5.56 Å². The first-order valence-electron chi connectivity index (χ1n) is 7.98. The Morgan fingerprint density at radius 3 is 2.46 bits per heavy atom. The van der Waals surface area contributed by atoms with Crippen molar-refractivity contribution >= 4 is 29.9 Å². The van der Waals surface area contributed by atoms with E-state index in [1.807, 2.05) is 12.1 Å². The summed E-state index contributed by atoms with van der Waals surface area (Å²) in [7, 11) is 1.77. The number of oxazole rings is 1. The largest absolute Gasteiger partial charge is 0.444 e. The molecular weight excluding hydrogens is 415 g/mol. The molecule has 0 aliphatic carbocycles. The molecule has 1 atom stereocenters. The summed E-state index contributed by atoms with van der Waals surface area (Å²) in [4.78, 5) is 8.75. The summed E-state index contributed by atoms with van der Waals surface area (Å²) in [5, 5.41) is 6.62. The minimum atomic E-state index is 0. The lowest BCUT2D eigenvalue weighted by Crippen LogP contribution is -2.43. The molecule has 5 nitrogen and oxygen atoms in total. The van der Waals surface area contributed by atoms with Gasteiger partial charge in [-0.05, 0) is 31.9 Å². The minimum absolute atomic E-state index is 0. The van der Waals surface area contributed by atoms with Crippen LogP contribution in [0, 0.1) is 12.8 Å². The number of aryl methyl sites for hydroxylation is 1. The first-order valence-corrected chi connectivity index (χ1v) is 7.98. The summed E-state index contributed by atoms with van der Waals surface area (Å²) < 4.78 is 5.56. The summed E-state index contributed by atoms with van der Waals surface area (Å²) in [5.41, 5.74) is 3.05. The van der Waals surface area contributed by atoms with Gasteiger partial charge in [0.2, 0.25) is 5.89 Å². The SMILES string of the molecule is CN=C(NCc1coc(-c2ccc(C)cc2)n1)NC(C)C(C)C.I. The van der Waals surface area contributed by atoms with Gasteiger partial charge in [0, 0.05) is 18.7 Å². The summed E-state index contributed by atoms with van der Waals surface area (Å²) in [5.74, 6) is 1.94. The maximum atomic E-state index is 5.56. The number of aliphatic imine (C=N–C) groups is 1. The van der Waals surface area contributed by atoms with Gasteiger partial charge < -0.3 is 15.1 Å². The maximum Gasteiger partial charge on any atom is 0.226 e. The second kappa shape index (κ2) is 9.66. The Kier molecular flexibility index (Phi) is 8.24. The lowest BCUT2D eigenvalue weighted by Gasteiger charge is -2.20. The summed E-state index contributed by atoms with van der Waals surface area (Å²) >= 11 is 0. The smallest absolute Gasteiger partial charge is 0.226 e. The number of nitrogens with one attached hydrogen (secondary N) is 2. The van der Waals surface area contributed by atoms with Gasteiger partial charge in [-0.3, -0.25) is 4.99 Å². The Morgan fingerprint density at radius 1 is 1.21 bits per heavy atom. The van der Waals surface area contributed by atoms with Crippen LogP contribution in [0.15, 0.2) is 39.9 Å². The van der Waals surface area contributed by atoms with E-state index in [2.05, 4.69) is 60.4 Å². The molecule has 24 heavy (non-hydrogen) atoms. The normalized spacial score (nSPS) is 12.7.